The van der Waals surface area contributed by atoms with Crippen molar-refractivity contribution in [2.75, 3.05) is 11.4 Å². The van der Waals surface area contributed by atoms with Crippen molar-refractivity contribution in [3.63, 3.8) is 0 Å². The highest BCUT2D eigenvalue weighted by atomic mass is 35.5. The highest BCUT2D eigenvalue weighted by Crippen LogP contribution is 2.77. The molecule has 5 aliphatic carbocycles. The van der Waals surface area contributed by atoms with Crippen LogP contribution in [0.1, 0.15) is 68.3 Å². The fourth-order valence-electron chi connectivity index (χ4n) is 7.72. The number of fused-ring (bicyclic) bond motifs is 2. The van der Waals surface area contributed by atoms with Gasteiger partial charge in [-0.15, -0.1) is 0 Å². The summed E-state index contributed by atoms with van der Waals surface area (Å²) in [6.07, 6.45) is 5.06. The van der Waals surface area contributed by atoms with Gasteiger partial charge in [0.25, 0.3) is 0 Å². The Kier molecular flexibility index (Phi) is 4.97. The Morgan fingerprint density at radius 1 is 1.18 bits per heavy atom. The topological polar surface area (TPSA) is 92.9 Å². The van der Waals surface area contributed by atoms with E-state index in [1.807, 2.05) is 30.0 Å². The molecule has 1 aliphatic heterocycles. The zero-order valence-corrected chi connectivity index (χ0v) is 23.5. The number of halogens is 2. The number of rotatable bonds is 8. The van der Waals surface area contributed by atoms with E-state index < -0.39 is 16.8 Å². The summed E-state index contributed by atoms with van der Waals surface area (Å²) in [5.41, 5.74) is 2.89. The van der Waals surface area contributed by atoms with Crippen LogP contribution in [0.3, 0.4) is 0 Å². The van der Waals surface area contributed by atoms with E-state index in [0.29, 0.717) is 52.4 Å². The zero-order valence-electron chi connectivity index (χ0n) is 22.0. The first kappa shape index (κ1) is 24.7. The molecule has 40 heavy (non-hydrogen) atoms. The van der Waals surface area contributed by atoms with Gasteiger partial charge in [-0.2, -0.15) is 0 Å². The first-order chi connectivity index (χ1) is 19.2. The molecule has 0 unspecified atom stereocenters. The van der Waals surface area contributed by atoms with E-state index in [4.69, 9.17) is 32.5 Å². The lowest BCUT2D eigenvalue weighted by Gasteiger charge is -2.74. The molecule has 206 valence electrons. The summed E-state index contributed by atoms with van der Waals surface area (Å²) in [5.74, 6) is 1.35. The number of carboxylic acid groups (broad SMARTS) is 1. The van der Waals surface area contributed by atoms with Crippen molar-refractivity contribution >= 4 is 40.8 Å². The van der Waals surface area contributed by atoms with Gasteiger partial charge in [0.15, 0.2) is 0 Å². The number of nitrogens with zero attached hydrogens (tertiary/aromatic N) is 2. The summed E-state index contributed by atoms with van der Waals surface area (Å²) in [7, 11) is 0. The number of amides is 1. The molecular weight excluding hydrogens is 551 g/mol. The maximum atomic E-state index is 13.7. The molecule has 1 aromatic heterocycles. The fourth-order valence-corrected chi connectivity index (χ4v) is 8.29. The Morgan fingerprint density at radius 2 is 1.90 bits per heavy atom. The maximum absolute atomic E-state index is 13.7. The lowest BCUT2D eigenvalue weighted by molar-refractivity contribution is -0.262. The van der Waals surface area contributed by atoms with Crippen molar-refractivity contribution in [3.05, 3.63) is 63.3 Å². The predicted octanol–water partition coefficient (Wildman–Crippen LogP) is 6.98. The smallest absolute Gasteiger partial charge is 0.309 e. The van der Waals surface area contributed by atoms with Gasteiger partial charge in [-0.1, -0.05) is 41.3 Å². The van der Waals surface area contributed by atoms with Gasteiger partial charge in [0, 0.05) is 23.7 Å². The molecule has 6 aliphatic rings. The predicted molar refractivity (Wildman–Crippen MR) is 149 cm³/mol. The summed E-state index contributed by atoms with van der Waals surface area (Å²) in [6, 6.07) is 11.3. The normalized spacial score (nSPS) is 28.7. The van der Waals surface area contributed by atoms with Crippen LogP contribution in [0.5, 0.6) is 5.75 Å². The van der Waals surface area contributed by atoms with Crippen LogP contribution < -0.4 is 9.64 Å². The number of aliphatic carboxylic acids is 1. The number of hydrogen-bond acceptors (Lipinski definition) is 5. The van der Waals surface area contributed by atoms with Crippen molar-refractivity contribution in [1.82, 2.24) is 5.16 Å². The van der Waals surface area contributed by atoms with Crippen LogP contribution in [0.2, 0.25) is 10.0 Å². The van der Waals surface area contributed by atoms with Gasteiger partial charge in [0.1, 0.15) is 23.8 Å². The van der Waals surface area contributed by atoms with Gasteiger partial charge < -0.3 is 19.3 Å². The molecule has 7 nitrogen and oxygen atoms in total. The Bertz CT molecular complexity index is 1600. The van der Waals surface area contributed by atoms with Crippen molar-refractivity contribution < 1.29 is 24.0 Å². The molecule has 2 bridgehead atoms. The van der Waals surface area contributed by atoms with Gasteiger partial charge in [0.2, 0.25) is 5.91 Å². The maximum Gasteiger partial charge on any atom is 0.309 e. The molecule has 1 N–H and O–H groups in total. The minimum absolute atomic E-state index is 0.0807. The van der Waals surface area contributed by atoms with Crippen LogP contribution in [-0.4, -0.2) is 28.7 Å². The summed E-state index contributed by atoms with van der Waals surface area (Å²) >= 11 is 13.0. The summed E-state index contributed by atoms with van der Waals surface area (Å²) < 4.78 is 12.1. The van der Waals surface area contributed by atoms with E-state index in [1.54, 1.807) is 18.2 Å². The molecule has 2 aromatic carbocycles. The number of aromatic nitrogens is 1. The molecule has 3 aromatic rings. The molecule has 9 heteroatoms. The van der Waals surface area contributed by atoms with E-state index in [9.17, 15) is 14.7 Å². The second-order valence-electron chi connectivity index (χ2n) is 12.6. The summed E-state index contributed by atoms with van der Waals surface area (Å²) in [5, 5.41) is 15.0. The molecule has 2 heterocycles. The molecule has 1 atom stereocenters. The van der Waals surface area contributed by atoms with Crippen LogP contribution in [0, 0.1) is 16.7 Å². The average molecular weight is 579 g/mol. The monoisotopic (exact) mass is 578 g/mol. The highest BCUT2D eigenvalue weighted by molar-refractivity contribution is 6.39. The Labute approximate surface area is 241 Å². The van der Waals surface area contributed by atoms with Crippen LogP contribution in [0.4, 0.5) is 5.69 Å². The number of carbonyl (C=O) groups excluding carboxylic acids is 1. The Morgan fingerprint density at radius 3 is 2.52 bits per heavy atom. The van der Waals surface area contributed by atoms with Crippen molar-refractivity contribution in [2.24, 2.45) is 16.7 Å². The van der Waals surface area contributed by atoms with Crippen LogP contribution >= 0.6 is 23.2 Å². The molecule has 9 rings (SSSR count). The first-order valence-electron chi connectivity index (χ1n) is 13.9. The largest absolute Gasteiger partial charge is 0.489 e. The SMILES string of the molecule is C[C@@H]1C2(CN3C(=O)C4(CC4)c4cc(OCc5c(-c6c(Cl)cccc6Cl)noc5C5CC5)ccc43)CC1(C(=O)O)C2. The Balaban J connectivity index is 1.07. The molecular formula is C31H28Cl2N2O5. The van der Waals surface area contributed by atoms with E-state index in [0.717, 1.165) is 48.3 Å². The van der Waals surface area contributed by atoms with Crippen molar-refractivity contribution in [1.29, 1.82) is 0 Å². The van der Waals surface area contributed by atoms with E-state index >= 15 is 0 Å². The number of carboxylic acids is 1. The van der Waals surface area contributed by atoms with Crippen molar-refractivity contribution in [3.8, 4) is 17.0 Å². The molecule has 1 amide bonds. The standard InChI is InChI=1S/C31H28Cl2N2O5/c1-16-29(13-31(16,14-29)28(37)38)15-35-23-8-7-18(11-20(23)30(9-10-30)27(35)36)39-12-19-25(34-40-26(19)17-5-6-17)24-21(32)3-2-4-22(24)33/h2-4,7-8,11,16-17H,5-6,9-10,12-15H2,1H3,(H,37,38)/t16-,29?,31?/m1/s1. The fraction of sp³-hybridized carbons (Fsp3) is 0.452. The van der Waals surface area contributed by atoms with Gasteiger partial charge >= 0.3 is 5.97 Å². The third-order valence-corrected chi connectivity index (χ3v) is 11.1. The van der Waals surface area contributed by atoms with E-state index in [2.05, 4.69) is 5.16 Å². The lowest BCUT2D eigenvalue weighted by Crippen LogP contribution is -2.75. The van der Waals surface area contributed by atoms with Crippen LogP contribution in [0.15, 0.2) is 40.9 Å². The number of anilines is 1. The minimum atomic E-state index is -0.701. The van der Waals surface area contributed by atoms with Gasteiger partial charge in [-0.3, -0.25) is 9.59 Å². The first-order valence-corrected chi connectivity index (χ1v) is 14.7. The number of benzene rings is 2. The lowest BCUT2D eigenvalue weighted by atomic mass is 9.29. The summed E-state index contributed by atoms with van der Waals surface area (Å²) in [6.45, 7) is 2.86. The number of hydrogen-bond donors (Lipinski definition) is 1. The number of ether oxygens (including phenoxy) is 1. The molecule has 0 saturated heterocycles. The average Bonchev–Trinajstić information content (AvgIpc) is 3.84. The van der Waals surface area contributed by atoms with Crippen LogP contribution in [0.25, 0.3) is 11.3 Å². The molecule has 0 radical (unpaired) electrons. The quantitative estimate of drug-likeness (QED) is 0.310. The minimum Gasteiger partial charge on any atom is -0.489 e. The van der Waals surface area contributed by atoms with Gasteiger partial charge in [-0.25, -0.2) is 0 Å². The zero-order chi connectivity index (χ0) is 27.6. The second-order valence-corrected chi connectivity index (χ2v) is 13.4. The van der Waals surface area contributed by atoms with Gasteiger partial charge in [-0.05, 0) is 85.8 Å². The Hall–Kier alpha value is -3.03. The van der Waals surface area contributed by atoms with E-state index in [-0.39, 0.29) is 23.8 Å². The third-order valence-electron chi connectivity index (χ3n) is 10.5. The van der Waals surface area contributed by atoms with Crippen molar-refractivity contribution in [2.45, 2.75) is 63.4 Å². The molecule has 5 saturated carbocycles. The van der Waals surface area contributed by atoms with Crippen LogP contribution in [-0.2, 0) is 21.6 Å². The molecule has 1 spiro atoms. The number of carbonyl (C=O) groups is 2. The summed E-state index contributed by atoms with van der Waals surface area (Å²) in [4.78, 5) is 27.4. The third kappa shape index (κ3) is 3.16. The highest BCUT2D eigenvalue weighted by Gasteiger charge is 2.78. The second kappa shape index (κ2) is 8.04. The molecule has 5 fully saturated rings. The van der Waals surface area contributed by atoms with Gasteiger partial charge in [0.05, 0.1) is 26.4 Å². The van der Waals surface area contributed by atoms with E-state index in [1.165, 1.54) is 0 Å².